The molecular formula is C72H76Cl2N26O19S2. The average Bonchev–Trinajstić information content (AvgIpc) is 1.43. The molecule has 3 atom stereocenters. The second-order valence-corrected chi connectivity index (χ2v) is 29.3. The van der Waals surface area contributed by atoms with Crippen molar-refractivity contribution in [2.24, 2.45) is 55.3 Å². The zero-order valence-corrected chi connectivity index (χ0v) is 68.8. The van der Waals surface area contributed by atoms with Gasteiger partial charge in [0.2, 0.25) is 44.2 Å². The number of thioether (sulfide) groups is 1. The van der Waals surface area contributed by atoms with Crippen LogP contribution in [0.2, 0.25) is 10.0 Å². The third kappa shape index (κ3) is 26.3. The zero-order chi connectivity index (χ0) is 88.5. The van der Waals surface area contributed by atoms with Gasteiger partial charge in [-0.25, -0.2) is 32.5 Å². The molecule has 49 heteroatoms. The number of ketones is 2. The Morgan fingerprint density at radius 2 is 1.02 bits per heavy atom. The highest BCUT2D eigenvalue weighted by molar-refractivity contribution is 8.00. The molecule has 0 aliphatic carbocycles. The highest BCUT2D eigenvalue weighted by atomic mass is 35.5. The van der Waals surface area contributed by atoms with Gasteiger partial charge in [-0.3, -0.25) is 71.9 Å². The number of nitrogens with one attached hydrogen (secondary N) is 2. The quantitative estimate of drug-likeness (QED) is 0.0358. The number of fused-ring (bicyclic) bond motifs is 3. The van der Waals surface area contributed by atoms with E-state index >= 15 is 0 Å². The van der Waals surface area contributed by atoms with Gasteiger partial charge in [0.05, 0.1) is 83.5 Å². The lowest BCUT2D eigenvalue weighted by Gasteiger charge is -2.49. The summed E-state index contributed by atoms with van der Waals surface area (Å²) >= 11 is 13.2. The average molecular weight is 1740 g/mol. The molecule has 9 aromatic heterocycles. The van der Waals surface area contributed by atoms with E-state index in [1.165, 1.54) is 70.1 Å². The summed E-state index contributed by atoms with van der Waals surface area (Å²) in [5.74, 6) is -7.04. The van der Waals surface area contributed by atoms with Crippen LogP contribution in [0.15, 0.2) is 164 Å². The first-order valence-corrected chi connectivity index (χ1v) is 38.7. The number of hydrogen-bond donors (Lipinski definition) is 7. The topological polar surface area (TPSA) is 600 Å². The molecule has 0 spiro atoms. The minimum atomic E-state index is -3.51. The SMILES string of the molecule is CC.CC1=C(C(=O)O)N2C(=O)C(CC(=O)C(NC(=O)Cc3cn(C)nn3)c3ccccc3)C2SC1.Cn1cc(C(=O)Cc2nc3cc(Cl)ccc3o2)nn1.Cn1cc(CC(=O)Nc2nc3cc(Cl)ccc3o2)nn1.Cn1cc(CC(=O)O)nn1.Cn1cc(CC(=O)O)nn1.Cn1cc(S(=O)(=O)c2ccccc2)nn1.Cn1nnc(C(=O)O)c1C(=O)O. The van der Waals surface area contributed by atoms with Crippen molar-refractivity contribution in [2.75, 3.05) is 11.1 Å². The number of aromatic carboxylic acids is 2. The smallest absolute Gasteiger partial charge is 0.359 e. The standard InChI is InChI=1S/C22H23N5O5S.C12H10ClN5O2.C12H9ClN4O2.C9H9N3O2S.C5H5N3O4.2C5H7N3O2.C2H6/c1-12-11-33-21-15(20(30)27(21)19(12)22(31)32)9-16(28)18(13-6-4-3-5-7-13)23-17(29)8-14-10-26(2)25-24-14;1-18-6-8(16-17-18)5-11(19)15-12-14-9-4-7(13)2-3-10(9)20-12;1-17-6-9(15-16-17)10(18)5-12-14-8-4-7(13)2-3-11(8)19-12;1-12-7-9(10-11-12)15(13,14)8-5-3-2-4-6-8;1-8-3(5(11)12)2(4(9)10)6-7-8;2*1-8-3-4(6-7-8)2-5(9)10;1-2/h3-7,10,15,18,21H,8-9,11H2,1-2H3,(H,23,29)(H,31,32);2-4,6H,5H2,1H3,(H,14,15,19);2-4,6H,5H2,1H3;2-7H,1H3;1H3,(H,9,10)(H,11,12);2*3H,2H2,1H3,(H,9,10);1-2H3. The largest absolute Gasteiger partial charge is 0.481 e. The zero-order valence-electron chi connectivity index (χ0n) is 65.6. The highest BCUT2D eigenvalue weighted by Crippen LogP contribution is 2.45. The Kier molecular flexibility index (Phi) is 32.4. The third-order valence-electron chi connectivity index (χ3n) is 15.9. The van der Waals surface area contributed by atoms with Crippen molar-refractivity contribution >= 4 is 132 Å². The number of amides is 3. The van der Waals surface area contributed by atoms with Crippen LogP contribution >= 0.6 is 35.0 Å². The van der Waals surface area contributed by atoms with Gasteiger partial charge in [-0.05, 0) is 66.6 Å². The van der Waals surface area contributed by atoms with Crippen molar-refractivity contribution in [3.05, 3.63) is 207 Å². The molecule has 11 heterocycles. The van der Waals surface area contributed by atoms with Crippen molar-refractivity contribution < 1.29 is 90.7 Å². The second kappa shape index (κ2) is 42.6. The lowest BCUT2D eigenvalue weighted by atomic mass is 9.87. The molecule has 634 valence electrons. The maximum atomic E-state index is 13.3. The predicted octanol–water partition coefficient (Wildman–Crippen LogP) is 4.66. The van der Waals surface area contributed by atoms with E-state index in [1.807, 2.05) is 13.8 Å². The third-order valence-corrected chi connectivity index (χ3v) is 19.5. The number of carbonyl (C=O) groups excluding carboxylic acids is 5. The number of β-lactam (4-membered cyclic amide) rings is 1. The van der Waals surface area contributed by atoms with Crippen molar-refractivity contribution in [2.45, 2.75) is 80.6 Å². The lowest BCUT2D eigenvalue weighted by molar-refractivity contribution is -0.154. The number of carboxylic acid groups (broad SMARTS) is 5. The summed E-state index contributed by atoms with van der Waals surface area (Å²) in [6.45, 7) is 5.69. The van der Waals surface area contributed by atoms with Gasteiger partial charge in [-0.1, -0.05) is 122 Å². The predicted molar refractivity (Wildman–Crippen MR) is 423 cm³/mol. The van der Waals surface area contributed by atoms with E-state index in [-0.39, 0.29) is 83.5 Å². The van der Waals surface area contributed by atoms with Crippen molar-refractivity contribution in [1.29, 1.82) is 0 Å². The number of anilines is 1. The van der Waals surface area contributed by atoms with E-state index < -0.39 is 74.3 Å². The summed E-state index contributed by atoms with van der Waals surface area (Å²) in [6, 6.07) is 26.4. The molecule has 0 bridgehead atoms. The van der Waals surface area contributed by atoms with Crippen LogP contribution in [-0.2, 0) is 125 Å². The number of rotatable bonds is 22. The number of nitrogens with zero attached hydrogens (tertiary/aromatic N) is 24. The Morgan fingerprint density at radius 1 is 0.545 bits per heavy atom. The van der Waals surface area contributed by atoms with Gasteiger partial charge < -0.3 is 39.7 Å². The normalized spacial score (nSPS) is 13.2. The van der Waals surface area contributed by atoms with Gasteiger partial charge >= 0.3 is 35.9 Å². The Hall–Kier alpha value is -14.5. The molecular weight excluding hydrogens is 1670 g/mol. The van der Waals surface area contributed by atoms with Gasteiger partial charge in [0.1, 0.15) is 28.5 Å². The molecule has 7 N–H and O–H groups in total. The highest BCUT2D eigenvalue weighted by Gasteiger charge is 2.54. The molecule has 3 unspecified atom stereocenters. The minimum absolute atomic E-state index is 0.00401. The molecule has 1 fully saturated rings. The van der Waals surface area contributed by atoms with Gasteiger partial charge in [-0.2, -0.15) is 4.98 Å². The Bertz CT molecular complexity index is 5960. The van der Waals surface area contributed by atoms with Crippen LogP contribution in [0, 0.1) is 5.92 Å². The number of sulfone groups is 1. The summed E-state index contributed by atoms with van der Waals surface area (Å²) in [4.78, 5) is 125. The maximum Gasteiger partial charge on any atom is 0.359 e. The number of aryl methyl sites for hydroxylation is 7. The summed E-state index contributed by atoms with van der Waals surface area (Å²) in [7, 11) is 7.93. The number of carbonyl (C=O) groups is 10. The number of Topliss-reactive ketones (excluding diaryl/α,β-unsaturated/α-hetero) is 2. The van der Waals surface area contributed by atoms with E-state index in [0.717, 1.165) is 4.68 Å². The monoisotopic (exact) mass is 1740 g/mol. The molecule has 3 amide bonds. The summed E-state index contributed by atoms with van der Waals surface area (Å²) in [5.41, 5.74) is 4.95. The van der Waals surface area contributed by atoms with E-state index in [1.54, 1.807) is 165 Å². The van der Waals surface area contributed by atoms with Crippen LogP contribution in [0.25, 0.3) is 22.2 Å². The molecule has 1 saturated heterocycles. The van der Waals surface area contributed by atoms with Gasteiger partial charge in [0.15, 0.2) is 28.4 Å². The summed E-state index contributed by atoms with van der Waals surface area (Å²) in [6.07, 6.45) is 9.28. The minimum Gasteiger partial charge on any atom is -0.481 e. The van der Waals surface area contributed by atoms with Crippen molar-refractivity contribution in [3.8, 4) is 0 Å². The first kappa shape index (κ1) is 92.0. The molecule has 13 aromatic rings. The summed E-state index contributed by atoms with van der Waals surface area (Å²) < 4.78 is 44.4. The number of halogens is 2. The number of benzene rings is 4. The van der Waals surface area contributed by atoms with Crippen LogP contribution in [0.3, 0.4) is 0 Å². The van der Waals surface area contributed by atoms with E-state index in [9.17, 15) is 61.5 Å². The Balaban J connectivity index is 0.000000182. The van der Waals surface area contributed by atoms with Gasteiger partial charge in [0, 0.05) is 96.3 Å². The van der Waals surface area contributed by atoms with E-state index in [0.29, 0.717) is 83.5 Å². The first-order chi connectivity index (χ1) is 57.5. The van der Waals surface area contributed by atoms with Crippen LogP contribution in [0.5, 0.6) is 0 Å². The fourth-order valence-corrected chi connectivity index (χ4v) is 13.6. The molecule has 45 nitrogen and oxygen atoms in total. The van der Waals surface area contributed by atoms with E-state index in [2.05, 4.69) is 92.8 Å². The van der Waals surface area contributed by atoms with Crippen LogP contribution in [0.1, 0.15) is 98.9 Å². The fraction of sp³-hybridized carbons (Fsp3) is 0.278. The first-order valence-electron chi connectivity index (χ1n) is 35.4. The summed E-state index contributed by atoms with van der Waals surface area (Å²) in [5, 5.41) is 99.8. The van der Waals surface area contributed by atoms with Crippen molar-refractivity contribution in [1.82, 2.24) is 125 Å². The fourth-order valence-electron chi connectivity index (χ4n) is 10.8. The van der Waals surface area contributed by atoms with E-state index in [4.69, 9.17) is 52.5 Å². The molecule has 0 saturated carbocycles. The van der Waals surface area contributed by atoms with Crippen LogP contribution in [-0.4, -0.2) is 224 Å². The Labute approximate surface area is 698 Å². The molecule has 121 heavy (non-hydrogen) atoms. The maximum absolute atomic E-state index is 13.3. The van der Waals surface area contributed by atoms with Crippen molar-refractivity contribution in [3.63, 3.8) is 0 Å². The molecule has 2 aliphatic rings. The number of hydrogen-bond acceptors (Lipinski definition) is 31. The molecule has 15 rings (SSSR count). The van der Waals surface area contributed by atoms with Crippen LogP contribution < -0.4 is 10.6 Å². The molecule has 2 aliphatic heterocycles. The number of aliphatic carboxylic acids is 3. The van der Waals surface area contributed by atoms with Crippen LogP contribution in [0.4, 0.5) is 6.01 Å². The van der Waals surface area contributed by atoms with Gasteiger partial charge in [0.25, 0.3) is 0 Å². The Morgan fingerprint density at radius 3 is 1.49 bits per heavy atom. The number of oxazole rings is 2. The number of carboxylic acids is 5. The lowest BCUT2D eigenvalue weighted by Crippen LogP contribution is -2.62. The second-order valence-electron chi connectivity index (χ2n) is 25.4. The molecule has 0 radical (unpaired) electrons. The van der Waals surface area contributed by atoms with Gasteiger partial charge in [-0.15, -0.1) is 47.5 Å². The number of aromatic nitrogens is 23. The molecule has 4 aromatic carbocycles.